The number of hydrogen-bond donors (Lipinski definition) is 1. The zero-order valence-electron chi connectivity index (χ0n) is 8.35. The van der Waals surface area contributed by atoms with Crippen LogP contribution in [0.3, 0.4) is 0 Å². The Kier molecular flexibility index (Phi) is 1.98. The summed E-state index contributed by atoms with van der Waals surface area (Å²) in [5, 5.41) is 3.41. The van der Waals surface area contributed by atoms with Crippen LogP contribution in [0.25, 0.3) is 0 Å². The summed E-state index contributed by atoms with van der Waals surface area (Å²) in [7, 11) is 0. The van der Waals surface area contributed by atoms with Gasteiger partial charge in [-0.1, -0.05) is 0 Å². The highest BCUT2D eigenvalue weighted by atomic mass is 16.3. The van der Waals surface area contributed by atoms with Crippen molar-refractivity contribution in [2.45, 2.75) is 12.5 Å². The molecule has 15 heavy (non-hydrogen) atoms. The van der Waals surface area contributed by atoms with Crippen LogP contribution in [0.15, 0.2) is 17.0 Å². The summed E-state index contributed by atoms with van der Waals surface area (Å²) in [6.07, 6.45) is 3.94. The molecule has 0 bridgehead atoms. The summed E-state index contributed by atoms with van der Waals surface area (Å²) < 4.78 is 5.01. The quantitative estimate of drug-likeness (QED) is 0.710. The van der Waals surface area contributed by atoms with Crippen LogP contribution in [0.2, 0.25) is 0 Å². The number of hydrogen-bond acceptors (Lipinski definition) is 4. The molecule has 1 amide bonds. The number of oxazole rings is 1. The van der Waals surface area contributed by atoms with E-state index in [9.17, 15) is 4.79 Å². The van der Waals surface area contributed by atoms with Gasteiger partial charge in [0.15, 0.2) is 6.39 Å². The summed E-state index contributed by atoms with van der Waals surface area (Å²) >= 11 is 0. The Morgan fingerprint density at radius 2 is 2.53 bits per heavy atom. The topological polar surface area (TPSA) is 58.4 Å². The number of likely N-dealkylation sites (tertiary alicyclic amines) is 1. The van der Waals surface area contributed by atoms with Crippen molar-refractivity contribution in [2.24, 2.45) is 5.92 Å². The smallest absolute Gasteiger partial charge is 0.291 e. The maximum Gasteiger partial charge on any atom is 0.291 e. The Morgan fingerprint density at radius 3 is 3.27 bits per heavy atom. The fraction of sp³-hybridized carbons (Fsp3) is 0.600. The summed E-state index contributed by atoms with van der Waals surface area (Å²) in [5.41, 5.74) is 0. The Bertz CT molecular complexity index is 351. The van der Waals surface area contributed by atoms with E-state index in [0.717, 1.165) is 19.6 Å². The molecule has 2 atom stereocenters. The number of carbonyl (C=O) groups is 1. The van der Waals surface area contributed by atoms with E-state index in [1.165, 1.54) is 19.0 Å². The molecule has 80 valence electrons. The normalized spacial score (nSPS) is 29.5. The van der Waals surface area contributed by atoms with Crippen LogP contribution in [-0.2, 0) is 0 Å². The molecule has 0 aliphatic carbocycles. The largest absolute Gasteiger partial charge is 0.438 e. The molecule has 1 aromatic rings. The lowest BCUT2D eigenvalue weighted by molar-refractivity contribution is 0.0751. The van der Waals surface area contributed by atoms with E-state index in [4.69, 9.17) is 4.42 Å². The molecule has 2 aliphatic heterocycles. The Balaban J connectivity index is 1.72. The monoisotopic (exact) mass is 207 g/mol. The zero-order chi connectivity index (χ0) is 10.3. The van der Waals surface area contributed by atoms with Gasteiger partial charge in [-0.2, -0.15) is 0 Å². The molecule has 0 aromatic carbocycles. The van der Waals surface area contributed by atoms with Crippen molar-refractivity contribution < 1.29 is 9.21 Å². The fourth-order valence-corrected chi connectivity index (χ4v) is 2.49. The number of amides is 1. The molecule has 1 N–H and O–H groups in total. The van der Waals surface area contributed by atoms with Crippen LogP contribution < -0.4 is 5.32 Å². The van der Waals surface area contributed by atoms with Gasteiger partial charge < -0.3 is 14.6 Å². The SMILES string of the molecule is O=C(c1cnco1)N1CC2CCNC2C1. The first-order chi connectivity index (χ1) is 7.34. The van der Waals surface area contributed by atoms with E-state index in [-0.39, 0.29) is 5.91 Å². The van der Waals surface area contributed by atoms with Gasteiger partial charge in [-0.05, 0) is 18.9 Å². The lowest BCUT2D eigenvalue weighted by Gasteiger charge is -2.15. The van der Waals surface area contributed by atoms with Crippen molar-refractivity contribution >= 4 is 5.91 Å². The summed E-state index contributed by atoms with van der Waals surface area (Å²) in [4.78, 5) is 17.5. The van der Waals surface area contributed by atoms with E-state index in [0.29, 0.717) is 17.7 Å². The third-order valence-corrected chi connectivity index (χ3v) is 3.29. The van der Waals surface area contributed by atoms with Crippen molar-refractivity contribution in [2.75, 3.05) is 19.6 Å². The lowest BCUT2D eigenvalue weighted by atomic mass is 10.1. The molecule has 2 unspecified atom stereocenters. The summed E-state index contributed by atoms with van der Waals surface area (Å²) in [6, 6.07) is 0.483. The molecule has 1 aromatic heterocycles. The first kappa shape index (κ1) is 8.91. The molecular formula is C10H13N3O2. The first-order valence-corrected chi connectivity index (χ1v) is 5.26. The zero-order valence-corrected chi connectivity index (χ0v) is 8.35. The number of aromatic nitrogens is 1. The number of rotatable bonds is 1. The van der Waals surface area contributed by atoms with Crippen LogP contribution in [0.1, 0.15) is 17.0 Å². The molecule has 5 heteroatoms. The molecule has 0 spiro atoms. The first-order valence-electron chi connectivity index (χ1n) is 5.26. The number of carbonyl (C=O) groups excluding carboxylic acids is 1. The molecule has 5 nitrogen and oxygen atoms in total. The minimum absolute atomic E-state index is 0.0382. The van der Waals surface area contributed by atoms with Crippen LogP contribution >= 0.6 is 0 Å². The van der Waals surface area contributed by atoms with E-state index >= 15 is 0 Å². The molecule has 0 radical (unpaired) electrons. The van der Waals surface area contributed by atoms with Crippen molar-refractivity contribution in [1.82, 2.24) is 15.2 Å². The van der Waals surface area contributed by atoms with Crippen LogP contribution in [0.5, 0.6) is 0 Å². The maximum absolute atomic E-state index is 11.9. The molecule has 3 heterocycles. The van der Waals surface area contributed by atoms with Crippen molar-refractivity contribution in [3.05, 3.63) is 18.4 Å². The fourth-order valence-electron chi connectivity index (χ4n) is 2.49. The van der Waals surface area contributed by atoms with Gasteiger partial charge in [0.2, 0.25) is 5.76 Å². The third kappa shape index (κ3) is 1.43. The second-order valence-electron chi connectivity index (χ2n) is 4.19. The number of fused-ring (bicyclic) bond motifs is 1. The molecule has 0 saturated carbocycles. The second kappa shape index (κ2) is 3.34. The van der Waals surface area contributed by atoms with Crippen LogP contribution in [-0.4, -0.2) is 41.5 Å². The predicted molar refractivity (Wildman–Crippen MR) is 52.3 cm³/mol. The van der Waals surface area contributed by atoms with Gasteiger partial charge in [0.05, 0.1) is 6.20 Å². The Morgan fingerprint density at radius 1 is 1.60 bits per heavy atom. The van der Waals surface area contributed by atoms with Gasteiger partial charge in [-0.25, -0.2) is 4.98 Å². The highest BCUT2D eigenvalue weighted by Gasteiger charge is 2.38. The van der Waals surface area contributed by atoms with E-state index in [2.05, 4.69) is 10.3 Å². The van der Waals surface area contributed by atoms with Crippen LogP contribution in [0, 0.1) is 5.92 Å². The average Bonchev–Trinajstić information content (AvgIpc) is 2.92. The van der Waals surface area contributed by atoms with E-state index in [1.54, 1.807) is 0 Å². The average molecular weight is 207 g/mol. The number of nitrogens with one attached hydrogen (secondary N) is 1. The van der Waals surface area contributed by atoms with Gasteiger partial charge in [-0.3, -0.25) is 4.79 Å². The summed E-state index contributed by atoms with van der Waals surface area (Å²) in [5.74, 6) is 0.926. The highest BCUT2D eigenvalue weighted by Crippen LogP contribution is 2.25. The minimum atomic E-state index is -0.0382. The third-order valence-electron chi connectivity index (χ3n) is 3.29. The molecular weight excluding hydrogens is 194 g/mol. The standard InChI is InChI=1S/C10H13N3O2/c14-10(9-3-11-6-15-9)13-4-7-1-2-12-8(7)5-13/h3,6-8,12H,1-2,4-5H2. The van der Waals surface area contributed by atoms with E-state index in [1.807, 2.05) is 4.90 Å². The van der Waals surface area contributed by atoms with Crippen molar-refractivity contribution in [1.29, 1.82) is 0 Å². The van der Waals surface area contributed by atoms with Crippen LogP contribution in [0.4, 0.5) is 0 Å². The Hall–Kier alpha value is -1.36. The van der Waals surface area contributed by atoms with Gasteiger partial charge >= 0.3 is 0 Å². The predicted octanol–water partition coefficient (Wildman–Crippen LogP) is 0.108. The maximum atomic E-state index is 11.9. The van der Waals surface area contributed by atoms with Gasteiger partial charge in [0.25, 0.3) is 5.91 Å². The summed E-state index contributed by atoms with van der Waals surface area (Å²) in [6.45, 7) is 2.72. The van der Waals surface area contributed by atoms with E-state index < -0.39 is 0 Å². The van der Waals surface area contributed by atoms with Crippen molar-refractivity contribution in [3.63, 3.8) is 0 Å². The number of nitrogens with zero attached hydrogens (tertiary/aromatic N) is 2. The van der Waals surface area contributed by atoms with Gasteiger partial charge in [-0.15, -0.1) is 0 Å². The minimum Gasteiger partial charge on any atom is -0.438 e. The lowest BCUT2D eigenvalue weighted by Crippen LogP contribution is -2.33. The highest BCUT2D eigenvalue weighted by molar-refractivity contribution is 5.91. The molecule has 3 rings (SSSR count). The Labute approximate surface area is 87.5 Å². The van der Waals surface area contributed by atoms with Gasteiger partial charge in [0.1, 0.15) is 0 Å². The molecule has 2 fully saturated rings. The second-order valence-corrected chi connectivity index (χ2v) is 4.19. The molecule has 2 aliphatic rings. The molecule has 2 saturated heterocycles. The van der Waals surface area contributed by atoms with Crippen molar-refractivity contribution in [3.8, 4) is 0 Å². The van der Waals surface area contributed by atoms with Gasteiger partial charge in [0, 0.05) is 19.1 Å².